The van der Waals surface area contributed by atoms with Gasteiger partial charge in [0.2, 0.25) is 0 Å². The molecule has 0 unspecified atom stereocenters. The fourth-order valence-electron chi connectivity index (χ4n) is 1.94. The summed E-state index contributed by atoms with van der Waals surface area (Å²) < 4.78 is 5.29. The quantitative estimate of drug-likeness (QED) is 0.608. The Morgan fingerprint density at radius 1 is 1.11 bits per heavy atom. The van der Waals surface area contributed by atoms with Crippen molar-refractivity contribution in [3.8, 4) is 0 Å². The molecule has 0 heterocycles. The van der Waals surface area contributed by atoms with Gasteiger partial charge < -0.3 is 4.74 Å². The van der Waals surface area contributed by atoms with Crippen LogP contribution in [0, 0.1) is 11.8 Å². The number of hydrogen-bond acceptors (Lipinski definition) is 3. The molecule has 1 saturated carbocycles. The van der Waals surface area contributed by atoms with Crippen LogP contribution in [-0.4, -0.2) is 17.4 Å². The van der Waals surface area contributed by atoms with E-state index in [1.54, 1.807) is 12.1 Å². The lowest BCUT2D eigenvalue weighted by atomic mass is 10.1. The third kappa shape index (κ3) is 2.97. The summed E-state index contributed by atoms with van der Waals surface area (Å²) >= 11 is 0. The first-order chi connectivity index (χ1) is 8.38. The molecule has 1 fully saturated rings. The number of rotatable bonds is 3. The predicted octanol–water partition coefficient (Wildman–Crippen LogP) is 2.85. The molecule has 0 radical (unpaired) electrons. The zero-order valence-electron chi connectivity index (χ0n) is 11.0. The summed E-state index contributed by atoms with van der Waals surface area (Å²) in [4.78, 5) is 23.9. The fourth-order valence-corrected chi connectivity index (χ4v) is 1.94. The lowest BCUT2D eigenvalue weighted by Gasteiger charge is -2.19. The van der Waals surface area contributed by atoms with E-state index in [1.807, 2.05) is 39.0 Å². The number of benzene rings is 1. The van der Waals surface area contributed by atoms with Crippen molar-refractivity contribution in [1.82, 2.24) is 0 Å². The molecule has 1 aromatic carbocycles. The van der Waals surface area contributed by atoms with Gasteiger partial charge >= 0.3 is 5.97 Å². The van der Waals surface area contributed by atoms with Gasteiger partial charge in [-0.05, 0) is 27.2 Å². The van der Waals surface area contributed by atoms with Crippen LogP contribution in [0.4, 0.5) is 0 Å². The predicted molar refractivity (Wildman–Crippen MR) is 68.2 cm³/mol. The lowest BCUT2D eigenvalue weighted by molar-refractivity contribution is -0.156. The van der Waals surface area contributed by atoms with Gasteiger partial charge in [0.15, 0.2) is 5.78 Å². The van der Waals surface area contributed by atoms with Crippen LogP contribution in [0.3, 0.4) is 0 Å². The highest BCUT2D eigenvalue weighted by molar-refractivity contribution is 6.02. The normalized spacial score (nSPS) is 22.4. The van der Waals surface area contributed by atoms with Gasteiger partial charge in [-0.1, -0.05) is 30.3 Å². The van der Waals surface area contributed by atoms with Gasteiger partial charge in [-0.25, -0.2) is 0 Å². The SMILES string of the molecule is CC(C)(C)OC(=O)[C@@H]1C[C@H]1C(=O)c1ccccc1. The van der Waals surface area contributed by atoms with Crippen LogP contribution in [0.1, 0.15) is 37.6 Å². The molecule has 0 aromatic heterocycles. The average molecular weight is 246 g/mol. The molecule has 18 heavy (non-hydrogen) atoms. The number of ether oxygens (including phenoxy) is 1. The molecule has 2 atom stereocenters. The molecule has 1 aliphatic carbocycles. The second-order valence-electron chi connectivity index (χ2n) is 5.71. The minimum absolute atomic E-state index is 0.0476. The Balaban J connectivity index is 1.96. The third-order valence-electron chi connectivity index (χ3n) is 2.90. The number of esters is 1. The van der Waals surface area contributed by atoms with E-state index in [2.05, 4.69) is 0 Å². The molecule has 0 N–H and O–H groups in total. The number of carbonyl (C=O) groups excluding carboxylic acids is 2. The molecule has 1 aromatic rings. The summed E-state index contributed by atoms with van der Waals surface area (Å²) in [5.41, 5.74) is 0.188. The Hall–Kier alpha value is -1.64. The number of hydrogen-bond donors (Lipinski definition) is 0. The molecule has 0 amide bonds. The summed E-state index contributed by atoms with van der Waals surface area (Å²) in [5.74, 6) is -0.651. The molecule has 96 valence electrons. The summed E-state index contributed by atoms with van der Waals surface area (Å²) in [5, 5.41) is 0. The first kappa shape index (κ1) is 12.8. The zero-order valence-corrected chi connectivity index (χ0v) is 11.0. The second-order valence-corrected chi connectivity index (χ2v) is 5.71. The number of carbonyl (C=O) groups is 2. The molecule has 2 rings (SSSR count). The zero-order chi connectivity index (χ0) is 13.3. The van der Waals surface area contributed by atoms with E-state index in [4.69, 9.17) is 4.74 Å². The van der Waals surface area contributed by atoms with Crippen molar-refractivity contribution in [2.45, 2.75) is 32.8 Å². The van der Waals surface area contributed by atoms with E-state index < -0.39 is 5.60 Å². The molecule has 0 saturated heterocycles. The van der Waals surface area contributed by atoms with Crippen LogP contribution in [0.25, 0.3) is 0 Å². The van der Waals surface area contributed by atoms with Gasteiger partial charge in [-0.15, -0.1) is 0 Å². The highest BCUT2D eigenvalue weighted by Crippen LogP contribution is 2.42. The molecule has 3 heteroatoms. The van der Waals surface area contributed by atoms with E-state index in [9.17, 15) is 9.59 Å². The van der Waals surface area contributed by atoms with Gasteiger partial charge in [0.1, 0.15) is 5.60 Å². The Morgan fingerprint density at radius 2 is 1.72 bits per heavy atom. The van der Waals surface area contributed by atoms with E-state index in [1.165, 1.54) is 0 Å². The Morgan fingerprint density at radius 3 is 2.28 bits per heavy atom. The molecule has 1 aliphatic rings. The molecule has 0 aliphatic heterocycles. The van der Waals surface area contributed by atoms with Crippen molar-refractivity contribution < 1.29 is 14.3 Å². The van der Waals surface area contributed by atoms with Gasteiger partial charge in [0.25, 0.3) is 0 Å². The van der Waals surface area contributed by atoms with Gasteiger partial charge in [-0.2, -0.15) is 0 Å². The van der Waals surface area contributed by atoms with Gasteiger partial charge in [0, 0.05) is 11.5 Å². The van der Waals surface area contributed by atoms with E-state index in [0.29, 0.717) is 12.0 Å². The van der Waals surface area contributed by atoms with Crippen LogP contribution >= 0.6 is 0 Å². The maximum absolute atomic E-state index is 12.1. The van der Waals surface area contributed by atoms with Gasteiger partial charge in [-0.3, -0.25) is 9.59 Å². The summed E-state index contributed by atoms with van der Waals surface area (Å²) in [6, 6.07) is 9.10. The average Bonchev–Trinajstić information content (AvgIpc) is 3.07. The minimum Gasteiger partial charge on any atom is -0.460 e. The summed E-state index contributed by atoms with van der Waals surface area (Å²) in [6.07, 6.45) is 0.614. The van der Waals surface area contributed by atoms with Crippen LogP contribution in [0.2, 0.25) is 0 Å². The first-order valence-corrected chi connectivity index (χ1v) is 6.20. The van der Waals surface area contributed by atoms with Crippen molar-refractivity contribution in [2.75, 3.05) is 0 Å². The lowest BCUT2D eigenvalue weighted by Crippen LogP contribution is -2.25. The number of ketones is 1. The van der Waals surface area contributed by atoms with Crippen molar-refractivity contribution >= 4 is 11.8 Å². The van der Waals surface area contributed by atoms with Crippen LogP contribution in [-0.2, 0) is 9.53 Å². The van der Waals surface area contributed by atoms with E-state index >= 15 is 0 Å². The van der Waals surface area contributed by atoms with E-state index in [0.717, 1.165) is 0 Å². The fraction of sp³-hybridized carbons (Fsp3) is 0.467. The Kier molecular flexibility index (Phi) is 3.24. The maximum atomic E-state index is 12.1. The molecule has 0 spiro atoms. The monoisotopic (exact) mass is 246 g/mol. The van der Waals surface area contributed by atoms with Crippen LogP contribution in [0.5, 0.6) is 0 Å². The molecular formula is C15H18O3. The van der Waals surface area contributed by atoms with Crippen molar-refractivity contribution in [3.63, 3.8) is 0 Å². The topological polar surface area (TPSA) is 43.4 Å². The molecule has 3 nitrogen and oxygen atoms in total. The Bertz CT molecular complexity index is 456. The highest BCUT2D eigenvalue weighted by Gasteiger charge is 2.49. The third-order valence-corrected chi connectivity index (χ3v) is 2.90. The van der Waals surface area contributed by atoms with Crippen molar-refractivity contribution in [1.29, 1.82) is 0 Å². The number of Topliss-reactive ketones (excluding diaryl/α,β-unsaturated/α-hetero) is 1. The van der Waals surface area contributed by atoms with Crippen LogP contribution in [0.15, 0.2) is 30.3 Å². The molecular weight excluding hydrogens is 228 g/mol. The largest absolute Gasteiger partial charge is 0.460 e. The first-order valence-electron chi connectivity index (χ1n) is 6.20. The molecule has 0 bridgehead atoms. The summed E-state index contributed by atoms with van der Waals surface area (Å²) in [6.45, 7) is 5.50. The minimum atomic E-state index is -0.486. The van der Waals surface area contributed by atoms with Crippen molar-refractivity contribution in [3.05, 3.63) is 35.9 Å². The van der Waals surface area contributed by atoms with E-state index in [-0.39, 0.29) is 23.6 Å². The van der Waals surface area contributed by atoms with Crippen molar-refractivity contribution in [2.24, 2.45) is 11.8 Å². The van der Waals surface area contributed by atoms with Gasteiger partial charge in [0.05, 0.1) is 5.92 Å². The van der Waals surface area contributed by atoms with Crippen LogP contribution < -0.4 is 0 Å². The Labute approximate surface area is 107 Å². The second kappa shape index (κ2) is 4.56. The maximum Gasteiger partial charge on any atom is 0.310 e. The standard InChI is InChI=1S/C15H18O3/c1-15(2,3)18-14(17)12-9-11(12)13(16)10-7-5-4-6-8-10/h4-8,11-12H,9H2,1-3H3/t11-,12-/m1/s1. The summed E-state index contributed by atoms with van der Waals surface area (Å²) in [7, 11) is 0. The smallest absolute Gasteiger partial charge is 0.310 e. The highest BCUT2D eigenvalue weighted by atomic mass is 16.6.